The van der Waals surface area contributed by atoms with Crippen LogP contribution in [0.2, 0.25) is 5.02 Å². The third-order valence-electron chi connectivity index (χ3n) is 3.71. The lowest BCUT2D eigenvalue weighted by Crippen LogP contribution is -2.42. The first-order chi connectivity index (χ1) is 9.22. The second-order valence-electron chi connectivity index (χ2n) is 5.53. The molecular formula is C15H17ClN2O2. The van der Waals surface area contributed by atoms with Gasteiger partial charge in [-0.2, -0.15) is 0 Å². The number of likely N-dealkylation sites (N-methyl/N-ethyl adjacent to an activating group) is 1. The first-order valence-electron chi connectivity index (χ1n) is 6.31. The molecule has 0 aliphatic carbocycles. The van der Waals surface area contributed by atoms with Gasteiger partial charge in [0.1, 0.15) is 0 Å². The molecule has 4 nitrogen and oxygen atoms in total. The Bertz CT molecular complexity index is 633. The molecule has 0 fully saturated rings. The maximum atomic E-state index is 10.4. The van der Waals surface area contributed by atoms with Crippen molar-refractivity contribution in [2.75, 3.05) is 11.9 Å². The monoisotopic (exact) mass is 292 g/mol. The molecule has 0 atom stereocenters. The van der Waals surface area contributed by atoms with Crippen LogP contribution in [0.25, 0.3) is 11.6 Å². The largest absolute Gasteiger partial charge is 0.365 e. The van der Waals surface area contributed by atoms with E-state index in [4.69, 9.17) is 11.6 Å². The first-order valence-corrected chi connectivity index (χ1v) is 6.69. The fraction of sp³-hybridized carbons (Fsp3) is 0.333. The van der Waals surface area contributed by atoms with E-state index >= 15 is 0 Å². The lowest BCUT2D eigenvalue weighted by Gasteiger charge is -2.40. The second-order valence-corrected chi connectivity index (χ2v) is 5.94. The number of hydrogen-bond acceptors (Lipinski definition) is 3. The Kier molecular flexibility index (Phi) is 3.61. The van der Waals surface area contributed by atoms with Gasteiger partial charge in [-0.15, -0.1) is 0 Å². The number of nitro groups is 1. The van der Waals surface area contributed by atoms with Crippen molar-refractivity contribution in [2.24, 2.45) is 0 Å². The fourth-order valence-electron chi connectivity index (χ4n) is 2.46. The summed E-state index contributed by atoms with van der Waals surface area (Å²) in [5.74, 6) is 0. The van der Waals surface area contributed by atoms with Crippen LogP contribution in [0.1, 0.15) is 31.9 Å². The van der Waals surface area contributed by atoms with Gasteiger partial charge in [0.15, 0.2) is 0 Å². The Morgan fingerprint density at radius 1 is 1.40 bits per heavy atom. The van der Waals surface area contributed by atoms with E-state index in [0.29, 0.717) is 10.6 Å². The molecule has 0 saturated carbocycles. The summed E-state index contributed by atoms with van der Waals surface area (Å²) in [5.41, 5.74) is 3.81. The lowest BCUT2D eigenvalue weighted by atomic mass is 9.88. The summed E-state index contributed by atoms with van der Waals surface area (Å²) in [6, 6.07) is 3.77. The van der Waals surface area contributed by atoms with Crippen molar-refractivity contribution in [1.82, 2.24) is 0 Å². The minimum Gasteiger partial charge on any atom is -0.365 e. The predicted octanol–water partition coefficient (Wildman–Crippen LogP) is 4.22. The number of anilines is 1. The maximum Gasteiger partial charge on any atom is 0.235 e. The van der Waals surface area contributed by atoms with E-state index in [1.807, 2.05) is 26.1 Å². The summed E-state index contributed by atoms with van der Waals surface area (Å²) >= 11 is 6.23. The molecule has 1 heterocycles. The van der Waals surface area contributed by atoms with Crippen molar-refractivity contribution in [1.29, 1.82) is 0 Å². The number of fused-ring (bicyclic) bond motifs is 1. The van der Waals surface area contributed by atoms with Gasteiger partial charge < -0.3 is 4.90 Å². The van der Waals surface area contributed by atoms with Crippen molar-refractivity contribution in [3.63, 3.8) is 0 Å². The summed E-state index contributed by atoms with van der Waals surface area (Å²) < 4.78 is 0. The Hall–Kier alpha value is -1.81. The van der Waals surface area contributed by atoms with Crippen molar-refractivity contribution < 1.29 is 4.92 Å². The summed E-state index contributed by atoms with van der Waals surface area (Å²) in [6.07, 6.45) is 4.52. The van der Waals surface area contributed by atoms with Gasteiger partial charge in [-0.05, 0) is 44.0 Å². The van der Waals surface area contributed by atoms with E-state index < -0.39 is 4.92 Å². The van der Waals surface area contributed by atoms with Crippen LogP contribution < -0.4 is 4.90 Å². The number of nitrogens with zero attached hydrogens (tertiary/aromatic N) is 2. The van der Waals surface area contributed by atoms with Crippen LogP contribution in [0, 0.1) is 10.1 Å². The average molecular weight is 293 g/mol. The number of rotatable bonds is 2. The molecule has 1 aliphatic heterocycles. The van der Waals surface area contributed by atoms with Gasteiger partial charge in [0.05, 0.1) is 15.5 Å². The lowest BCUT2D eigenvalue weighted by molar-refractivity contribution is -0.400. The van der Waals surface area contributed by atoms with Gasteiger partial charge >= 0.3 is 0 Å². The molecule has 0 bridgehead atoms. The van der Waals surface area contributed by atoms with Crippen molar-refractivity contribution in [2.45, 2.75) is 26.3 Å². The molecule has 0 saturated heterocycles. The Labute approximate surface area is 123 Å². The van der Waals surface area contributed by atoms with E-state index in [1.165, 1.54) is 6.08 Å². The molecule has 0 spiro atoms. The molecule has 0 amide bonds. The molecule has 0 radical (unpaired) electrons. The smallest absolute Gasteiger partial charge is 0.235 e. The normalized spacial score (nSPS) is 17.1. The molecule has 0 aromatic heterocycles. The van der Waals surface area contributed by atoms with Crippen molar-refractivity contribution in [3.05, 3.63) is 50.7 Å². The van der Waals surface area contributed by atoms with Gasteiger partial charge in [-0.1, -0.05) is 17.7 Å². The van der Waals surface area contributed by atoms with E-state index in [-0.39, 0.29) is 5.54 Å². The molecule has 1 aliphatic rings. The quantitative estimate of drug-likeness (QED) is 0.605. The highest BCUT2D eigenvalue weighted by molar-refractivity contribution is 6.32. The zero-order valence-electron chi connectivity index (χ0n) is 12.0. The van der Waals surface area contributed by atoms with E-state index in [0.717, 1.165) is 23.0 Å². The van der Waals surface area contributed by atoms with E-state index in [9.17, 15) is 10.1 Å². The molecule has 2 rings (SSSR count). The average Bonchev–Trinajstić information content (AvgIpc) is 2.33. The Morgan fingerprint density at radius 2 is 2.05 bits per heavy atom. The van der Waals surface area contributed by atoms with Crippen LogP contribution in [0.15, 0.2) is 24.4 Å². The van der Waals surface area contributed by atoms with Crippen LogP contribution in [-0.4, -0.2) is 17.5 Å². The Morgan fingerprint density at radius 3 is 2.65 bits per heavy atom. The van der Waals surface area contributed by atoms with Crippen LogP contribution in [0.3, 0.4) is 0 Å². The first kappa shape index (κ1) is 14.6. The van der Waals surface area contributed by atoms with E-state index in [2.05, 4.69) is 24.8 Å². The molecule has 1 aromatic rings. The van der Waals surface area contributed by atoms with Gasteiger partial charge in [0.2, 0.25) is 6.20 Å². The van der Waals surface area contributed by atoms with Crippen LogP contribution in [-0.2, 0) is 0 Å². The maximum absolute atomic E-state index is 10.4. The van der Waals surface area contributed by atoms with Gasteiger partial charge in [-0.3, -0.25) is 10.1 Å². The van der Waals surface area contributed by atoms with Crippen LogP contribution >= 0.6 is 11.6 Å². The molecule has 20 heavy (non-hydrogen) atoms. The molecule has 1 aromatic carbocycles. The fourth-order valence-corrected chi connectivity index (χ4v) is 2.68. The number of hydrogen-bond donors (Lipinski definition) is 0. The standard InChI is InChI=1S/C15H17ClN2O2/c1-10-9-15(2,3)17(4)14-8-13(16)11(7-12(10)14)5-6-18(19)20/h5-9H,1-4H3/b6-5+. The topological polar surface area (TPSA) is 46.4 Å². The summed E-state index contributed by atoms with van der Waals surface area (Å²) in [7, 11) is 2.02. The third kappa shape index (κ3) is 2.56. The number of halogens is 1. The molecule has 0 N–H and O–H groups in total. The highest BCUT2D eigenvalue weighted by Crippen LogP contribution is 2.40. The van der Waals surface area contributed by atoms with E-state index in [1.54, 1.807) is 0 Å². The molecule has 106 valence electrons. The second kappa shape index (κ2) is 4.94. The van der Waals surface area contributed by atoms with Crippen LogP contribution in [0.4, 0.5) is 5.69 Å². The van der Waals surface area contributed by atoms with Crippen LogP contribution in [0.5, 0.6) is 0 Å². The van der Waals surface area contributed by atoms with Gasteiger partial charge in [0, 0.05) is 24.4 Å². The summed E-state index contributed by atoms with van der Waals surface area (Å²) in [6.45, 7) is 6.31. The summed E-state index contributed by atoms with van der Waals surface area (Å²) in [4.78, 5) is 12.1. The number of benzene rings is 1. The van der Waals surface area contributed by atoms with Gasteiger partial charge in [-0.25, -0.2) is 0 Å². The zero-order chi connectivity index (χ0) is 15.1. The minimum absolute atomic E-state index is 0.0847. The highest BCUT2D eigenvalue weighted by Gasteiger charge is 2.28. The minimum atomic E-state index is -0.492. The van der Waals surface area contributed by atoms with Gasteiger partial charge in [0.25, 0.3) is 0 Å². The molecule has 0 unspecified atom stereocenters. The molecular weight excluding hydrogens is 276 g/mol. The van der Waals surface area contributed by atoms with Crippen molar-refractivity contribution in [3.8, 4) is 0 Å². The number of allylic oxidation sites excluding steroid dienone is 1. The predicted molar refractivity (Wildman–Crippen MR) is 83.6 cm³/mol. The van der Waals surface area contributed by atoms with Crippen molar-refractivity contribution >= 4 is 28.9 Å². The SMILES string of the molecule is CC1=CC(C)(C)N(C)c2cc(Cl)c(/C=C/[N+](=O)[O-])cc21. The summed E-state index contributed by atoms with van der Waals surface area (Å²) in [5, 5.41) is 10.9. The molecule has 5 heteroatoms. The zero-order valence-corrected chi connectivity index (χ0v) is 12.7. The highest BCUT2D eigenvalue weighted by atomic mass is 35.5. The Balaban J connectivity index is 2.57. The third-order valence-corrected chi connectivity index (χ3v) is 4.04.